The van der Waals surface area contributed by atoms with Crippen molar-refractivity contribution in [1.29, 1.82) is 0 Å². The van der Waals surface area contributed by atoms with E-state index in [1.54, 1.807) is 62.8 Å². The number of anilines is 2. The molecule has 0 atom stereocenters. The van der Waals surface area contributed by atoms with Crippen LogP contribution in [0.1, 0.15) is 20.7 Å². The van der Waals surface area contributed by atoms with Crippen LogP contribution in [0, 0.1) is 0 Å². The summed E-state index contributed by atoms with van der Waals surface area (Å²) in [7, 11) is 5.99. The van der Waals surface area contributed by atoms with Crippen LogP contribution >= 0.6 is 0 Å². The summed E-state index contributed by atoms with van der Waals surface area (Å²) < 4.78 is 21.0. The van der Waals surface area contributed by atoms with Gasteiger partial charge >= 0.3 is 0 Å². The fourth-order valence-electron chi connectivity index (χ4n) is 3.00. The molecule has 3 rings (SSSR count). The summed E-state index contributed by atoms with van der Waals surface area (Å²) in [5.41, 5.74) is 1.61. The molecule has 0 bridgehead atoms. The van der Waals surface area contributed by atoms with Crippen LogP contribution in [0.4, 0.5) is 11.4 Å². The van der Waals surface area contributed by atoms with Crippen molar-refractivity contribution < 1.29 is 28.5 Å². The summed E-state index contributed by atoms with van der Waals surface area (Å²) in [5.74, 6) is 0.997. The standard InChI is InChI=1S/C24H24N2O6/c1-29-17-9-5-15(6-10-17)25-23(27)19-13-22(32-4)20(14-21(19)31-3)24(28)26-16-7-11-18(30-2)12-8-16/h5-14H,1-4H3,(H,25,27)(H,26,28). The molecule has 0 radical (unpaired) electrons. The molecule has 0 aliphatic heterocycles. The Kier molecular flexibility index (Phi) is 7.17. The van der Waals surface area contributed by atoms with Gasteiger partial charge in [-0.15, -0.1) is 0 Å². The SMILES string of the molecule is COc1ccc(NC(=O)c2cc(OC)c(C(=O)Nc3ccc(OC)cc3)cc2OC)cc1. The molecule has 0 saturated carbocycles. The van der Waals surface area contributed by atoms with Crippen LogP contribution in [0.2, 0.25) is 0 Å². The van der Waals surface area contributed by atoms with E-state index in [4.69, 9.17) is 18.9 Å². The van der Waals surface area contributed by atoms with Gasteiger partial charge in [0.2, 0.25) is 0 Å². The third-order valence-electron chi connectivity index (χ3n) is 4.71. The zero-order valence-corrected chi connectivity index (χ0v) is 18.2. The molecule has 0 spiro atoms. The molecule has 166 valence electrons. The van der Waals surface area contributed by atoms with Crippen LogP contribution in [-0.2, 0) is 0 Å². The summed E-state index contributed by atoms with van der Waals surface area (Å²) in [6.45, 7) is 0. The van der Waals surface area contributed by atoms with E-state index >= 15 is 0 Å². The first-order chi connectivity index (χ1) is 15.5. The Hall–Kier alpha value is -4.20. The van der Waals surface area contributed by atoms with E-state index in [1.165, 1.54) is 26.4 Å². The summed E-state index contributed by atoms with van der Waals surface area (Å²) in [5, 5.41) is 5.58. The number of hydrogen-bond acceptors (Lipinski definition) is 6. The predicted molar refractivity (Wildman–Crippen MR) is 121 cm³/mol. The minimum absolute atomic E-state index is 0.223. The number of benzene rings is 3. The molecular weight excluding hydrogens is 412 g/mol. The molecule has 3 aromatic rings. The molecule has 0 aliphatic carbocycles. The van der Waals surface area contributed by atoms with Gasteiger partial charge in [-0.1, -0.05) is 0 Å². The van der Waals surface area contributed by atoms with Crippen molar-refractivity contribution >= 4 is 23.2 Å². The normalized spacial score (nSPS) is 10.1. The lowest BCUT2D eigenvalue weighted by Crippen LogP contribution is -2.17. The second kappa shape index (κ2) is 10.2. The predicted octanol–water partition coefficient (Wildman–Crippen LogP) is 4.23. The van der Waals surface area contributed by atoms with E-state index in [1.807, 2.05) is 0 Å². The number of nitrogens with one attached hydrogen (secondary N) is 2. The smallest absolute Gasteiger partial charge is 0.259 e. The molecule has 0 aromatic heterocycles. The van der Waals surface area contributed by atoms with E-state index in [9.17, 15) is 9.59 Å². The van der Waals surface area contributed by atoms with Crippen LogP contribution < -0.4 is 29.6 Å². The largest absolute Gasteiger partial charge is 0.497 e. The van der Waals surface area contributed by atoms with Crippen molar-refractivity contribution in [3.8, 4) is 23.0 Å². The fraction of sp³-hybridized carbons (Fsp3) is 0.167. The molecule has 8 heteroatoms. The molecule has 2 amide bonds. The van der Waals surface area contributed by atoms with E-state index in [0.717, 1.165) is 0 Å². The average Bonchev–Trinajstić information content (AvgIpc) is 2.83. The molecule has 0 aliphatic rings. The van der Waals surface area contributed by atoms with Gasteiger partial charge in [0, 0.05) is 11.4 Å². The van der Waals surface area contributed by atoms with Gasteiger partial charge in [0.15, 0.2) is 0 Å². The molecular formula is C24H24N2O6. The van der Waals surface area contributed by atoms with Gasteiger partial charge in [-0.25, -0.2) is 0 Å². The lowest BCUT2D eigenvalue weighted by atomic mass is 10.1. The van der Waals surface area contributed by atoms with E-state index in [-0.39, 0.29) is 22.6 Å². The van der Waals surface area contributed by atoms with Crippen LogP contribution in [0.3, 0.4) is 0 Å². The number of carbonyl (C=O) groups is 2. The Bertz CT molecular complexity index is 1010. The second-order valence-corrected chi connectivity index (χ2v) is 6.62. The Morgan fingerprint density at radius 3 is 1.19 bits per heavy atom. The minimum Gasteiger partial charge on any atom is -0.497 e. The first-order valence-electron chi connectivity index (χ1n) is 9.66. The molecule has 2 N–H and O–H groups in total. The topological polar surface area (TPSA) is 95.1 Å². The third kappa shape index (κ3) is 5.10. The van der Waals surface area contributed by atoms with Crippen molar-refractivity contribution in [1.82, 2.24) is 0 Å². The number of hydrogen-bond donors (Lipinski definition) is 2. The zero-order valence-electron chi connectivity index (χ0n) is 18.2. The fourth-order valence-corrected chi connectivity index (χ4v) is 3.00. The lowest BCUT2D eigenvalue weighted by Gasteiger charge is -2.15. The monoisotopic (exact) mass is 436 g/mol. The highest BCUT2D eigenvalue weighted by atomic mass is 16.5. The Morgan fingerprint density at radius 1 is 0.562 bits per heavy atom. The van der Waals surface area contributed by atoms with Crippen LogP contribution in [0.5, 0.6) is 23.0 Å². The number of methoxy groups -OCH3 is 4. The lowest BCUT2D eigenvalue weighted by molar-refractivity contribution is 0.101. The van der Waals surface area contributed by atoms with Gasteiger partial charge in [0.1, 0.15) is 23.0 Å². The van der Waals surface area contributed by atoms with Crippen molar-refractivity contribution in [2.45, 2.75) is 0 Å². The highest BCUT2D eigenvalue weighted by Gasteiger charge is 2.21. The number of ether oxygens (including phenoxy) is 4. The maximum absolute atomic E-state index is 12.9. The van der Waals surface area contributed by atoms with Crippen LogP contribution in [0.25, 0.3) is 0 Å². The maximum atomic E-state index is 12.9. The quantitative estimate of drug-likeness (QED) is 0.549. The summed E-state index contributed by atoms with van der Waals surface area (Å²) in [6, 6.07) is 16.8. The minimum atomic E-state index is -0.410. The molecule has 0 unspecified atom stereocenters. The van der Waals surface area contributed by atoms with E-state index < -0.39 is 11.8 Å². The molecule has 3 aromatic carbocycles. The molecule has 0 heterocycles. The van der Waals surface area contributed by atoms with E-state index in [0.29, 0.717) is 22.9 Å². The molecule has 8 nitrogen and oxygen atoms in total. The van der Waals surface area contributed by atoms with Crippen molar-refractivity contribution in [3.63, 3.8) is 0 Å². The summed E-state index contributed by atoms with van der Waals surface area (Å²) in [4.78, 5) is 25.7. The van der Waals surface area contributed by atoms with Crippen LogP contribution in [-0.4, -0.2) is 40.3 Å². The van der Waals surface area contributed by atoms with Crippen molar-refractivity contribution in [2.24, 2.45) is 0 Å². The highest BCUT2D eigenvalue weighted by molar-refractivity contribution is 6.10. The number of rotatable bonds is 8. The van der Waals surface area contributed by atoms with Crippen LogP contribution in [0.15, 0.2) is 60.7 Å². The summed E-state index contributed by atoms with van der Waals surface area (Å²) in [6.07, 6.45) is 0. The van der Waals surface area contributed by atoms with Gasteiger partial charge in [0.25, 0.3) is 11.8 Å². The third-order valence-corrected chi connectivity index (χ3v) is 4.71. The highest BCUT2D eigenvalue weighted by Crippen LogP contribution is 2.30. The Morgan fingerprint density at radius 2 is 0.906 bits per heavy atom. The van der Waals surface area contributed by atoms with Gasteiger partial charge < -0.3 is 29.6 Å². The molecule has 0 saturated heterocycles. The van der Waals surface area contributed by atoms with Gasteiger partial charge in [-0.05, 0) is 60.7 Å². The molecule has 32 heavy (non-hydrogen) atoms. The molecule has 0 fully saturated rings. The van der Waals surface area contributed by atoms with Gasteiger partial charge in [0.05, 0.1) is 39.6 Å². The number of amides is 2. The second-order valence-electron chi connectivity index (χ2n) is 6.62. The van der Waals surface area contributed by atoms with Gasteiger partial charge in [-0.3, -0.25) is 9.59 Å². The first-order valence-corrected chi connectivity index (χ1v) is 9.66. The summed E-state index contributed by atoms with van der Waals surface area (Å²) >= 11 is 0. The van der Waals surface area contributed by atoms with Crippen molar-refractivity contribution in [3.05, 3.63) is 71.8 Å². The average molecular weight is 436 g/mol. The number of carbonyl (C=O) groups excluding carboxylic acids is 2. The maximum Gasteiger partial charge on any atom is 0.259 e. The Balaban J connectivity index is 1.85. The van der Waals surface area contributed by atoms with Gasteiger partial charge in [-0.2, -0.15) is 0 Å². The zero-order chi connectivity index (χ0) is 23.1. The Labute approximate surface area is 186 Å². The first kappa shape index (κ1) is 22.5. The van der Waals surface area contributed by atoms with E-state index in [2.05, 4.69) is 10.6 Å². The van der Waals surface area contributed by atoms with Crippen molar-refractivity contribution in [2.75, 3.05) is 39.1 Å².